The van der Waals surface area contributed by atoms with Crippen molar-refractivity contribution in [2.45, 2.75) is 26.8 Å². The molecule has 0 radical (unpaired) electrons. The summed E-state index contributed by atoms with van der Waals surface area (Å²) in [4.78, 5) is 26.2. The molecule has 2 aromatic rings. The average Bonchev–Trinajstić information content (AvgIpc) is 2.45. The van der Waals surface area contributed by atoms with Gasteiger partial charge in [-0.3, -0.25) is 14.3 Å². The summed E-state index contributed by atoms with van der Waals surface area (Å²) in [5.74, 6) is -0.157. The third-order valence-electron chi connectivity index (χ3n) is 3.51. The third-order valence-corrected chi connectivity index (χ3v) is 3.84. The fourth-order valence-corrected chi connectivity index (χ4v) is 2.31. The van der Waals surface area contributed by atoms with Gasteiger partial charge in [-0.2, -0.15) is 0 Å². The summed E-state index contributed by atoms with van der Waals surface area (Å²) in [5.41, 5.74) is -0.848. The highest BCUT2D eigenvalue weighted by Gasteiger charge is 2.18. The van der Waals surface area contributed by atoms with Gasteiger partial charge in [-0.25, -0.2) is 4.79 Å². The lowest BCUT2D eigenvalue weighted by molar-refractivity contribution is 0.366. The lowest BCUT2D eigenvalue weighted by Crippen LogP contribution is -2.32. The lowest BCUT2D eigenvalue weighted by Gasteiger charge is -2.15. The molecule has 0 aliphatic heterocycles. The van der Waals surface area contributed by atoms with E-state index in [-0.39, 0.29) is 17.4 Å². The van der Waals surface area contributed by atoms with Crippen LogP contribution in [0.25, 0.3) is 11.1 Å². The van der Waals surface area contributed by atoms with Crippen LogP contribution >= 0.6 is 11.6 Å². The maximum atomic E-state index is 12.0. The third kappa shape index (κ3) is 3.03. The Morgan fingerprint density at radius 1 is 1.33 bits per heavy atom. The fraction of sp³-hybridized carbons (Fsp3) is 0.333. The molecule has 0 aliphatic rings. The second kappa shape index (κ2) is 6.18. The molecular weight excluding hydrogens is 292 g/mol. The number of benzene rings is 1. The molecule has 0 saturated carbocycles. The SMILES string of the molecule is CCC(C)Cn1c(O)c(-c2ccccc2Cl)c(=O)[nH]c1=O. The van der Waals surface area contributed by atoms with Gasteiger partial charge in [-0.05, 0) is 12.0 Å². The highest BCUT2D eigenvalue weighted by atomic mass is 35.5. The molecule has 5 nitrogen and oxygen atoms in total. The molecule has 112 valence electrons. The summed E-state index contributed by atoms with van der Waals surface area (Å²) in [6.07, 6.45) is 0.854. The Morgan fingerprint density at radius 2 is 2.00 bits per heavy atom. The molecule has 0 spiro atoms. The Hall–Kier alpha value is -2.01. The van der Waals surface area contributed by atoms with Crippen molar-refractivity contribution in [2.75, 3.05) is 0 Å². The van der Waals surface area contributed by atoms with Gasteiger partial charge in [0.25, 0.3) is 5.56 Å². The summed E-state index contributed by atoms with van der Waals surface area (Å²) in [7, 11) is 0. The maximum Gasteiger partial charge on any atom is 0.331 e. The molecule has 0 aliphatic carbocycles. The first-order valence-corrected chi connectivity index (χ1v) is 7.14. The van der Waals surface area contributed by atoms with Crippen LogP contribution in [0.3, 0.4) is 0 Å². The van der Waals surface area contributed by atoms with Gasteiger partial charge in [-0.1, -0.05) is 50.1 Å². The summed E-state index contributed by atoms with van der Waals surface area (Å²) in [5, 5.41) is 10.7. The molecule has 1 aromatic carbocycles. The van der Waals surface area contributed by atoms with E-state index in [9.17, 15) is 14.7 Å². The van der Waals surface area contributed by atoms with E-state index in [1.807, 2.05) is 13.8 Å². The highest BCUT2D eigenvalue weighted by molar-refractivity contribution is 6.33. The zero-order valence-corrected chi connectivity index (χ0v) is 12.6. The molecule has 0 amide bonds. The Labute approximate surface area is 126 Å². The van der Waals surface area contributed by atoms with Crippen LogP contribution in [-0.4, -0.2) is 14.7 Å². The first-order chi connectivity index (χ1) is 9.95. The van der Waals surface area contributed by atoms with E-state index in [2.05, 4.69) is 4.98 Å². The smallest absolute Gasteiger partial charge is 0.331 e. The number of nitrogens with zero attached hydrogens (tertiary/aromatic N) is 1. The predicted molar refractivity (Wildman–Crippen MR) is 82.9 cm³/mol. The molecule has 0 saturated heterocycles. The average molecular weight is 309 g/mol. The van der Waals surface area contributed by atoms with Gasteiger partial charge in [0.15, 0.2) is 0 Å². The summed E-state index contributed by atoms with van der Waals surface area (Å²) in [6, 6.07) is 6.70. The summed E-state index contributed by atoms with van der Waals surface area (Å²) < 4.78 is 1.17. The number of rotatable bonds is 4. The number of nitrogens with one attached hydrogen (secondary N) is 1. The van der Waals surface area contributed by atoms with E-state index in [0.29, 0.717) is 17.1 Å². The molecule has 2 N–H and O–H groups in total. The van der Waals surface area contributed by atoms with Crippen molar-refractivity contribution >= 4 is 11.6 Å². The van der Waals surface area contributed by atoms with E-state index in [1.54, 1.807) is 24.3 Å². The van der Waals surface area contributed by atoms with Crippen molar-refractivity contribution in [2.24, 2.45) is 5.92 Å². The molecule has 0 fully saturated rings. The van der Waals surface area contributed by atoms with Crippen LogP contribution < -0.4 is 11.2 Å². The van der Waals surface area contributed by atoms with Crippen molar-refractivity contribution < 1.29 is 5.11 Å². The standard InChI is InChI=1S/C15H17ClN2O3/c1-3-9(2)8-18-14(20)12(13(19)17-15(18)21)10-6-4-5-7-11(10)16/h4-7,9,20H,3,8H2,1-2H3,(H,17,19,21). The molecule has 1 atom stereocenters. The zero-order chi connectivity index (χ0) is 15.6. The zero-order valence-electron chi connectivity index (χ0n) is 11.9. The topological polar surface area (TPSA) is 75.1 Å². The van der Waals surface area contributed by atoms with Crippen molar-refractivity contribution in [1.82, 2.24) is 9.55 Å². The van der Waals surface area contributed by atoms with Gasteiger partial charge in [0.1, 0.15) is 5.56 Å². The number of aromatic hydroxyl groups is 1. The van der Waals surface area contributed by atoms with Crippen LogP contribution in [0, 0.1) is 5.92 Å². The number of hydrogen-bond acceptors (Lipinski definition) is 3. The molecule has 0 bridgehead atoms. The largest absolute Gasteiger partial charge is 0.494 e. The number of aromatic amines is 1. The van der Waals surface area contributed by atoms with Gasteiger partial charge in [0, 0.05) is 17.1 Å². The molecule has 6 heteroatoms. The predicted octanol–water partition coefficient (Wildman–Crippen LogP) is 2.61. The van der Waals surface area contributed by atoms with E-state index in [1.165, 1.54) is 4.57 Å². The minimum Gasteiger partial charge on any atom is -0.494 e. The molecule has 1 heterocycles. The van der Waals surface area contributed by atoms with Gasteiger partial charge in [0.05, 0.1) is 0 Å². The second-order valence-corrected chi connectivity index (χ2v) is 5.47. The first-order valence-electron chi connectivity index (χ1n) is 6.76. The van der Waals surface area contributed by atoms with Crippen molar-refractivity contribution in [3.63, 3.8) is 0 Å². The van der Waals surface area contributed by atoms with Crippen molar-refractivity contribution in [3.8, 4) is 17.0 Å². The van der Waals surface area contributed by atoms with Gasteiger partial charge < -0.3 is 5.11 Å². The number of H-pyrrole nitrogens is 1. The number of halogens is 1. The lowest BCUT2D eigenvalue weighted by atomic mass is 10.1. The molecule has 1 unspecified atom stereocenters. The van der Waals surface area contributed by atoms with E-state index in [0.717, 1.165) is 6.42 Å². The number of hydrogen-bond donors (Lipinski definition) is 2. The number of aromatic nitrogens is 2. The van der Waals surface area contributed by atoms with Crippen LogP contribution in [-0.2, 0) is 6.54 Å². The van der Waals surface area contributed by atoms with Crippen LogP contribution in [0.1, 0.15) is 20.3 Å². The van der Waals surface area contributed by atoms with E-state index >= 15 is 0 Å². The normalized spacial score (nSPS) is 12.3. The van der Waals surface area contributed by atoms with Crippen molar-refractivity contribution in [1.29, 1.82) is 0 Å². The fourth-order valence-electron chi connectivity index (χ4n) is 2.08. The molecule has 2 rings (SSSR count). The Morgan fingerprint density at radius 3 is 2.62 bits per heavy atom. The minimum atomic E-state index is -0.647. The Bertz CT molecular complexity index is 764. The minimum absolute atomic E-state index is 0.0171. The van der Waals surface area contributed by atoms with Gasteiger partial charge >= 0.3 is 5.69 Å². The van der Waals surface area contributed by atoms with Crippen LogP contribution in [0.5, 0.6) is 5.88 Å². The summed E-state index contributed by atoms with van der Waals surface area (Å²) >= 11 is 6.08. The monoisotopic (exact) mass is 308 g/mol. The summed E-state index contributed by atoms with van der Waals surface area (Å²) in [6.45, 7) is 4.29. The maximum absolute atomic E-state index is 12.0. The van der Waals surface area contributed by atoms with Crippen molar-refractivity contribution in [3.05, 3.63) is 50.1 Å². The second-order valence-electron chi connectivity index (χ2n) is 5.06. The van der Waals surface area contributed by atoms with Gasteiger partial charge in [-0.15, -0.1) is 0 Å². The Kier molecular flexibility index (Phi) is 4.53. The first kappa shape index (κ1) is 15.4. The quantitative estimate of drug-likeness (QED) is 0.911. The van der Waals surface area contributed by atoms with Crippen LogP contribution in [0.15, 0.2) is 33.9 Å². The van der Waals surface area contributed by atoms with Crippen LogP contribution in [0.2, 0.25) is 5.02 Å². The molecule has 21 heavy (non-hydrogen) atoms. The van der Waals surface area contributed by atoms with Crippen LogP contribution in [0.4, 0.5) is 0 Å². The molecule has 1 aromatic heterocycles. The molecular formula is C15H17ClN2O3. The van der Waals surface area contributed by atoms with E-state index in [4.69, 9.17) is 11.6 Å². The Balaban J connectivity index is 2.68. The highest BCUT2D eigenvalue weighted by Crippen LogP contribution is 2.30. The van der Waals surface area contributed by atoms with Gasteiger partial charge in [0.2, 0.25) is 5.88 Å². The van der Waals surface area contributed by atoms with E-state index < -0.39 is 11.2 Å².